The average Bonchev–Trinajstić information content (AvgIpc) is 2.44. The normalized spacial score (nSPS) is 12.3. The van der Waals surface area contributed by atoms with Crippen molar-refractivity contribution in [2.75, 3.05) is 13.1 Å². The minimum atomic E-state index is 0.544. The number of hydrogen-bond acceptors (Lipinski definition) is 1. The Bertz CT molecular complexity index is 490. The van der Waals surface area contributed by atoms with Gasteiger partial charge in [0, 0.05) is 12.5 Å². The van der Waals surface area contributed by atoms with Crippen LogP contribution >= 0.6 is 0 Å². The van der Waals surface area contributed by atoms with E-state index in [9.17, 15) is 0 Å². The van der Waals surface area contributed by atoms with Gasteiger partial charge in [-0.05, 0) is 31.0 Å². The van der Waals surface area contributed by atoms with Gasteiger partial charge in [0.05, 0.1) is 0 Å². The summed E-state index contributed by atoms with van der Waals surface area (Å²) < 4.78 is 0. The zero-order valence-corrected chi connectivity index (χ0v) is 11.9. The van der Waals surface area contributed by atoms with Gasteiger partial charge in [-0.3, -0.25) is 0 Å². The lowest BCUT2D eigenvalue weighted by Crippen LogP contribution is -2.22. The molecule has 0 saturated carbocycles. The third-order valence-electron chi connectivity index (χ3n) is 3.48. The number of benzene rings is 2. The van der Waals surface area contributed by atoms with Crippen molar-refractivity contribution in [3.8, 4) is 0 Å². The largest absolute Gasteiger partial charge is 0.316 e. The summed E-state index contributed by atoms with van der Waals surface area (Å²) in [5, 5.41) is 3.48. The Morgan fingerprint density at radius 2 is 1.79 bits per heavy atom. The van der Waals surface area contributed by atoms with Crippen molar-refractivity contribution in [2.45, 2.75) is 26.2 Å². The predicted octanol–water partition coefficient (Wildman–Crippen LogP) is 3.93. The molecule has 2 rings (SSSR count). The van der Waals surface area contributed by atoms with Crippen LogP contribution < -0.4 is 5.32 Å². The molecule has 2 aromatic rings. The van der Waals surface area contributed by atoms with Crippen molar-refractivity contribution in [1.82, 2.24) is 5.32 Å². The maximum absolute atomic E-state index is 3.48. The minimum Gasteiger partial charge on any atom is -0.316 e. The molecule has 0 saturated heterocycles. The van der Waals surface area contributed by atoms with Crippen LogP contribution in [0.3, 0.4) is 0 Å². The molecule has 2 aromatic carbocycles. The second-order valence-corrected chi connectivity index (χ2v) is 5.11. The highest BCUT2D eigenvalue weighted by Crippen LogP contribution is 2.20. The molecule has 1 N–H and O–H groups in total. The molecule has 1 unspecified atom stereocenters. The van der Waals surface area contributed by atoms with Crippen molar-refractivity contribution >= 4 is 0 Å². The van der Waals surface area contributed by atoms with Gasteiger partial charge in [0.25, 0.3) is 0 Å². The predicted molar refractivity (Wildman–Crippen MR) is 82.6 cm³/mol. The van der Waals surface area contributed by atoms with Gasteiger partial charge in [0.15, 0.2) is 0 Å². The monoisotopic (exact) mass is 253 g/mol. The van der Waals surface area contributed by atoms with Gasteiger partial charge in [-0.15, -0.1) is 0 Å². The summed E-state index contributed by atoms with van der Waals surface area (Å²) in [7, 11) is 0. The van der Waals surface area contributed by atoms with Gasteiger partial charge in [-0.25, -0.2) is 0 Å². The third-order valence-corrected chi connectivity index (χ3v) is 3.48. The van der Waals surface area contributed by atoms with Gasteiger partial charge < -0.3 is 5.32 Å². The Kier molecular flexibility index (Phi) is 5.17. The smallest absolute Gasteiger partial charge is 0.00232 e. The molecule has 19 heavy (non-hydrogen) atoms. The molecular formula is C18H23N. The van der Waals surface area contributed by atoms with Crippen LogP contribution in [-0.2, 0) is 6.42 Å². The van der Waals surface area contributed by atoms with Gasteiger partial charge >= 0.3 is 0 Å². The van der Waals surface area contributed by atoms with Gasteiger partial charge in [-0.1, -0.05) is 67.1 Å². The maximum Gasteiger partial charge on any atom is 0.00232 e. The molecule has 1 nitrogen and oxygen atoms in total. The second kappa shape index (κ2) is 7.10. The molecule has 0 aliphatic heterocycles. The summed E-state index contributed by atoms with van der Waals surface area (Å²) in [6.07, 6.45) is 1.10. The molecule has 0 heterocycles. The summed E-state index contributed by atoms with van der Waals surface area (Å²) >= 11 is 0. The molecule has 100 valence electrons. The fourth-order valence-electron chi connectivity index (χ4n) is 2.48. The van der Waals surface area contributed by atoms with E-state index in [0.717, 1.165) is 19.5 Å². The Hall–Kier alpha value is -1.60. The summed E-state index contributed by atoms with van der Waals surface area (Å²) in [4.78, 5) is 0. The molecule has 0 aromatic heterocycles. The molecule has 0 fully saturated rings. The molecule has 0 amide bonds. The minimum absolute atomic E-state index is 0.544. The van der Waals surface area contributed by atoms with E-state index in [1.165, 1.54) is 16.7 Å². The number of likely N-dealkylation sites (N-methyl/N-ethyl adjacent to an activating group) is 1. The highest BCUT2D eigenvalue weighted by atomic mass is 14.8. The molecule has 1 atom stereocenters. The lowest BCUT2D eigenvalue weighted by molar-refractivity contribution is 0.595. The second-order valence-electron chi connectivity index (χ2n) is 5.11. The third kappa shape index (κ3) is 4.22. The highest BCUT2D eigenvalue weighted by Gasteiger charge is 2.11. The number of aryl methyl sites for hydroxylation is 1. The number of rotatable bonds is 6. The van der Waals surface area contributed by atoms with Crippen LogP contribution in [0, 0.1) is 6.92 Å². The average molecular weight is 253 g/mol. The van der Waals surface area contributed by atoms with Gasteiger partial charge in [-0.2, -0.15) is 0 Å². The van der Waals surface area contributed by atoms with E-state index in [-0.39, 0.29) is 0 Å². The summed E-state index contributed by atoms with van der Waals surface area (Å²) in [6.45, 7) is 6.38. The summed E-state index contributed by atoms with van der Waals surface area (Å²) in [5.41, 5.74) is 4.18. The lowest BCUT2D eigenvalue weighted by Gasteiger charge is -2.18. The van der Waals surface area contributed by atoms with E-state index in [1.54, 1.807) is 0 Å². The van der Waals surface area contributed by atoms with Crippen LogP contribution in [0.1, 0.15) is 29.5 Å². The molecule has 0 spiro atoms. The van der Waals surface area contributed by atoms with Crippen molar-refractivity contribution in [3.63, 3.8) is 0 Å². The Morgan fingerprint density at radius 1 is 1.00 bits per heavy atom. The van der Waals surface area contributed by atoms with E-state index in [4.69, 9.17) is 0 Å². The van der Waals surface area contributed by atoms with Crippen LogP contribution in [0.4, 0.5) is 0 Å². The Balaban J connectivity index is 2.14. The first kappa shape index (κ1) is 13.8. The van der Waals surface area contributed by atoms with E-state index in [1.807, 2.05) is 0 Å². The standard InChI is InChI=1S/C18H23N/c1-3-19-14-18(17-10-5-4-6-11-17)13-16-9-7-8-15(2)12-16/h4-12,18-19H,3,13-14H2,1-2H3. The van der Waals surface area contributed by atoms with E-state index in [2.05, 4.69) is 73.8 Å². The molecule has 1 heteroatoms. The molecule has 0 aliphatic rings. The van der Waals surface area contributed by atoms with Gasteiger partial charge in [0.1, 0.15) is 0 Å². The maximum atomic E-state index is 3.48. The molecule has 0 radical (unpaired) electrons. The van der Waals surface area contributed by atoms with Crippen LogP contribution in [0.25, 0.3) is 0 Å². The fourth-order valence-corrected chi connectivity index (χ4v) is 2.48. The molecule has 0 aliphatic carbocycles. The first-order valence-electron chi connectivity index (χ1n) is 7.10. The Labute approximate surface area is 116 Å². The van der Waals surface area contributed by atoms with Crippen molar-refractivity contribution < 1.29 is 0 Å². The zero-order valence-electron chi connectivity index (χ0n) is 11.9. The van der Waals surface area contributed by atoms with Crippen LogP contribution in [0.15, 0.2) is 54.6 Å². The quantitative estimate of drug-likeness (QED) is 0.822. The number of hydrogen-bond donors (Lipinski definition) is 1. The zero-order chi connectivity index (χ0) is 13.5. The molecule has 0 bridgehead atoms. The van der Waals surface area contributed by atoms with Crippen LogP contribution in [0.2, 0.25) is 0 Å². The number of nitrogens with one attached hydrogen (secondary N) is 1. The van der Waals surface area contributed by atoms with Crippen LogP contribution in [-0.4, -0.2) is 13.1 Å². The summed E-state index contributed by atoms with van der Waals surface area (Å²) in [5.74, 6) is 0.544. The van der Waals surface area contributed by atoms with Crippen molar-refractivity contribution in [3.05, 3.63) is 71.3 Å². The van der Waals surface area contributed by atoms with Crippen molar-refractivity contribution in [2.24, 2.45) is 0 Å². The molecular weight excluding hydrogens is 230 g/mol. The SMILES string of the molecule is CCNCC(Cc1cccc(C)c1)c1ccccc1. The van der Waals surface area contributed by atoms with E-state index >= 15 is 0 Å². The first-order valence-corrected chi connectivity index (χ1v) is 7.10. The highest BCUT2D eigenvalue weighted by molar-refractivity contribution is 5.27. The fraction of sp³-hybridized carbons (Fsp3) is 0.333. The van der Waals surface area contributed by atoms with Crippen LogP contribution in [0.5, 0.6) is 0 Å². The van der Waals surface area contributed by atoms with Gasteiger partial charge in [0.2, 0.25) is 0 Å². The van der Waals surface area contributed by atoms with E-state index < -0.39 is 0 Å². The first-order chi connectivity index (χ1) is 9.29. The summed E-state index contributed by atoms with van der Waals surface area (Å²) in [6, 6.07) is 19.6. The van der Waals surface area contributed by atoms with E-state index in [0.29, 0.717) is 5.92 Å². The lowest BCUT2D eigenvalue weighted by atomic mass is 9.91. The van der Waals surface area contributed by atoms with Crippen molar-refractivity contribution in [1.29, 1.82) is 0 Å². The Morgan fingerprint density at radius 3 is 2.47 bits per heavy atom. The topological polar surface area (TPSA) is 12.0 Å².